The molecule has 6 nitrogen and oxygen atoms in total. The summed E-state index contributed by atoms with van der Waals surface area (Å²) >= 11 is 0. The molecule has 1 saturated heterocycles. The molecule has 2 aromatic rings. The molecule has 0 bridgehead atoms. The van der Waals surface area contributed by atoms with Gasteiger partial charge < -0.3 is 15.1 Å². The van der Waals surface area contributed by atoms with Crippen molar-refractivity contribution in [3.05, 3.63) is 95.3 Å². The number of hydrogen-bond acceptors (Lipinski definition) is 6. The van der Waals surface area contributed by atoms with Crippen molar-refractivity contribution in [2.75, 3.05) is 36.9 Å². The van der Waals surface area contributed by atoms with E-state index in [4.69, 9.17) is 0 Å². The van der Waals surface area contributed by atoms with Crippen molar-refractivity contribution in [1.29, 1.82) is 0 Å². The van der Waals surface area contributed by atoms with Crippen LogP contribution in [-0.4, -0.2) is 46.5 Å². The minimum Gasteiger partial charge on any atom is -0.375 e. The fourth-order valence-electron chi connectivity index (χ4n) is 4.16. The molecule has 3 heterocycles. The SMILES string of the molecule is C\C=C/C(=C\C(C)=C\CC)c1ncc(CNc2ncnc(N3CCN(C)/C(=C\C=C/CC)C3)c2F)cc1F. The fraction of sp³-hybridized carbons (Fsp3) is 0.367. The predicted molar refractivity (Wildman–Crippen MR) is 153 cm³/mol. The van der Waals surface area contributed by atoms with E-state index >= 15 is 8.78 Å². The van der Waals surface area contributed by atoms with Crippen molar-refractivity contribution in [2.45, 2.75) is 47.1 Å². The van der Waals surface area contributed by atoms with Crippen LogP contribution in [0.1, 0.15) is 51.8 Å². The van der Waals surface area contributed by atoms with Crippen LogP contribution in [0.25, 0.3) is 5.57 Å². The molecule has 0 amide bonds. The summed E-state index contributed by atoms with van der Waals surface area (Å²) in [7, 11) is 2.03. The van der Waals surface area contributed by atoms with Crippen molar-refractivity contribution in [3.8, 4) is 0 Å². The fourth-order valence-corrected chi connectivity index (χ4v) is 4.16. The second-order valence-corrected chi connectivity index (χ2v) is 9.18. The van der Waals surface area contributed by atoms with Gasteiger partial charge in [-0.15, -0.1) is 0 Å². The number of hydrogen-bond donors (Lipinski definition) is 1. The summed E-state index contributed by atoms with van der Waals surface area (Å²) in [4.78, 5) is 16.8. The highest BCUT2D eigenvalue weighted by Crippen LogP contribution is 2.26. The Labute approximate surface area is 225 Å². The zero-order valence-electron chi connectivity index (χ0n) is 23.0. The van der Waals surface area contributed by atoms with Gasteiger partial charge in [-0.3, -0.25) is 4.98 Å². The van der Waals surface area contributed by atoms with Gasteiger partial charge in [-0.05, 0) is 44.4 Å². The smallest absolute Gasteiger partial charge is 0.207 e. The summed E-state index contributed by atoms with van der Waals surface area (Å²) in [5.74, 6) is -0.639. The maximum absolute atomic E-state index is 15.4. The Morgan fingerprint density at radius 1 is 1.13 bits per heavy atom. The monoisotopic (exact) mass is 520 g/mol. The van der Waals surface area contributed by atoms with E-state index in [-0.39, 0.29) is 23.9 Å². The highest BCUT2D eigenvalue weighted by molar-refractivity contribution is 5.74. The summed E-state index contributed by atoms with van der Waals surface area (Å²) in [6.07, 6.45) is 18.7. The van der Waals surface area contributed by atoms with Gasteiger partial charge in [-0.25, -0.2) is 14.4 Å². The molecule has 3 rings (SSSR count). The molecule has 0 spiro atoms. The number of nitrogens with one attached hydrogen (secondary N) is 1. The lowest BCUT2D eigenvalue weighted by molar-refractivity contribution is 0.378. The molecule has 1 aliphatic heterocycles. The third-order valence-electron chi connectivity index (χ3n) is 6.17. The van der Waals surface area contributed by atoms with Crippen LogP contribution in [0.5, 0.6) is 0 Å². The van der Waals surface area contributed by atoms with E-state index in [2.05, 4.69) is 57.2 Å². The van der Waals surface area contributed by atoms with E-state index in [1.165, 1.54) is 12.4 Å². The van der Waals surface area contributed by atoms with Gasteiger partial charge in [-0.1, -0.05) is 55.9 Å². The topological polar surface area (TPSA) is 57.2 Å². The molecular formula is C30H38F2N6. The first-order chi connectivity index (χ1) is 18.4. The maximum atomic E-state index is 15.4. The highest BCUT2D eigenvalue weighted by atomic mass is 19.1. The Kier molecular flexibility index (Phi) is 10.8. The number of likely N-dealkylation sites (N-methyl/N-ethyl adjacent to an activating group) is 1. The Morgan fingerprint density at radius 3 is 2.66 bits per heavy atom. The van der Waals surface area contributed by atoms with E-state index in [9.17, 15) is 0 Å². The lowest BCUT2D eigenvalue weighted by Crippen LogP contribution is -2.43. The van der Waals surface area contributed by atoms with Crippen molar-refractivity contribution >= 4 is 17.2 Å². The highest BCUT2D eigenvalue weighted by Gasteiger charge is 2.23. The van der Waals surface area contributed by atoms with E-state index < -0.39 is 11.6 Å². The minimum atomic E-state index is -0.526. The quantitative estimate of drug-likeness (QED) is 0.353. The third kappa shape index (κ3) is 7.60. The van der Waals surface area contributed by atoms with E-state index in [0.717, 1.165) is 30.7 Å². The van der Waals surface area contributed by atoms with Gasteiger partial charge >= 0.3 is 0 Å². The van der Waals surface area contributed by atoms with Gasteiger partial charge in [-0.2, -0.15) is 4.39 Å². The van der Waals surface area contributed by atoms with Crippen LogP contribution < -0.4 is 10.2 Å². The summed E-state index contributed by atoms with van der Waals surface area (Å²) in [6.45, 7) is 10.1. The lowest BCUT2D eigenvalue weighted by Gasteiger charge is -2.36. The van der Waals surface area contributed by atoms with Gasteiger partial charge in [0, 0.05) is 44.1 Å². The second kappa shape index (κ2) is 14.2. The molecule has 202 valence electrons. The number of allylic oxidation sites excluding steroid dienone is 9. The number of piperazine rings is 1. The van der Waals surface area contributed by atoms with E-state index in [0.29, 0.717) is 24.2 Å². The number of anilines is 2. The lowest BCUT2D eigenvalue weighted by atomic mass is 10.1. The van der Waals surface area contributed by atoms with Crippen molar-refractivity contribution < 1.29 is 8.78 Å². The second-order valence-electron chi connectivity index (χ2n) is 9.18. The van der Waals surface area contributed by atoms with Gasteiger partial charge in [0.2, 0.25) is 5.82 Å². The van der Waals surface area contributed by atoms with Crippen LogP contribution in [0.3, 0.4) is 0 Å². The Morgan fingerprint density at radius 2 is 1.95 bits per heavy atom. The van der Waals surface area contributed by atoms with Crippen LogP contribution in [0.4, 0.5) is 20.4 Å². The van der Waals surface area contributed by atoms with Gasteiger partial charge in [0.15, 0.2) is 11.6 Å². The number of rotatable bonds is 10. The normalized spacial score (nSPS) is 16.3. The van der Waals surface area contributed by atoms with Crippen LogP contribution in [0.15, 0.2) is 72.4 Å². The van der Waals surface area contributed by atoms with E-state index in [1.54, 1.807) is 6.20 Å². The molecule has 0 aromatic carbocycles. The summed E-state index contributed by atoms with van der Waals surface area (Å²) in [5.41, 5.74) is 3.69. The Bertz CT molecular complexity index is 1250. The molecule has 0 unspecified atom stereocenters. The van der Waals surface area contributed by atoms with Crippen LogP contribution in [0.2, 0.25) is 0 Å². The molecule has 38 heavy (non-hydrogen) atoms. The molecule has 0 radical (unpaired) electrons. The molecule has 1 N–H and O–H groups in total. The Balaban J connectivity index is 1.76. The molecule has 0 atom stereocenters. The Hall–Kier alpha value is -3.81. The summed E-state index contributed by atoms with van der Waals surface area (Å²) in [6, 6.07) is 1.42. The van der Waals surface area contributed by atoms with Crippen molar-refractivity contribution in [2.24, 2.45) is 0 Å². The molecule has 2 aromatic heterocycles. The molecule has 1 fully saturated rings. The average molecular weight is 521 g/mol. The molecule has 0 aliphatic carbocycles. The third-order valence-corrected chi connectivity index (χ3v) is 6.17. The number of aromatic nitrogens is 3. The standard InChI is InChI=1S/C30H38F2N6/c1-6-9-10-13-25-20-38(15-14-37(25)5)30-27(32)29(35-21-36-30)34-19-23-17-26(31)28(33-18-23)24(12-8-3)16-22(4)11-7-2/h8-13,16-18,21H,6-7,14-15,19-20H2,1-5H3,(H,34,35,36)/b10-9-,12-8-,22-11+,24-16+,25-13-. The number of pyridine rings is 1. The van der Waals surface area contributed by atoms with Crippen LogP contribution in [-0.2, 0) is 6.54 Å². The van der Waals surface area contributed by atoms with Crippen molar-refractivity contribution in [1.82, 2.24) is 19.9 Å². The molecule has 0 saturated carbocycles. The average Bonchev–Trinajstić information content (AvgIpc) is 2.89. The summed E-state index contributed by atoms with van der Waals surface area (Å²) in [5, 5.41) is 2.99. The minimum absolute atomic E-state index is 0.0737. The molecule has 1 aliphatic rings. The van der Waals surface area contributed by atoms with Gasteiger partial charge in [0.25, 0.3) is 0 Å². The predicted octanol–water partition coefficient (Wildman–Crippen LogP) is 6.68. The van der Waals surface area contributed by atoms with Crippen LogP contribution >= 0.6 is 0 Å². The maximum Gasteiger partial charge on any atom is 0.207 e. The number of halogens is 2. The van der Waals surface area contributed by atoms with Crippen molar-refractivity contribution in [3.63, 3.8) is 0 Å². The first-order valence-electron chi connectivity index (χ1n) is 13.1. The first-order valence-corrected chi connectivity index (χ1v) is 13.1. The van der Waals surface area contributed by atoms with Crippen LogP contribution in [0, 0.1) is 11.6 Å². The molecule has 8 heteroatoms. The van der Waals surface area contributed by atoms with Gasteiger partial charge in [0.1, 0.15) is 17.8 Å². The number of nitrogens with zero attached hydrogens (tertiary/aromatic N) is 5. The van der Waals surface area contributed by atoms with Gasteiger partial charge in [0.05, 0.1) is 6.54 Å². The first kappa shape index (κ1) is 28.8. The zero-order valence-corrected chi connectivity index (χ0v) is 23.0. The van der Waals surface area contributed by atoms with E-state index in [1.807, 2.05) is 50.1 Å². The zero-order chi connectivity index (χ0) is 27.5. The largest absolute Gasteiger partial charge is 0.375 e. The molecular weight excluding hydrogens is 482 g/mol. The summed E-state index contributed by atoms with van der Waals surface area (Å²) < 4.78 is 30.5.